The van der Waals surface area contributed by atoms with E-state index in [0.29, 0.717) is 13.0 Å². The maximum Gasteiger partial charge on any atom is 0.252 e. The molecule has 2 N–H and O–H groups in total. The third-order valence-corrected chi connectivity index (χ3v) is 3.15. The average Bonchev–Trinajstić information content (AvgIpc) is 2.74. The number of nitrogens with one attached hydrogen (secondary N) is 1. The van der Waals surface area contributed by atoms with Crippen LogP contribution in [0.4, 0.5) is 4.39 Å². The molecule has 1 aliphatic heterocycles. The molecule has 1 aromatic rings. The fraction of sp³-hybridized carbons (Fsp3) is 0.417. The molecule has 4 nitrogen and oxygen atoms in total. The van der Waals surface area contributed by atoms with Crippen molar-refractivity contribution in [1.29, 1.82) is 0 Å². The quantitative estimate of drug-likeness (QED) is 0.874. The zero-order valence-corrected chi connectivity index (χ0v) is 10.3. The first-order valence-electron chi connectivity index (χ1n) is 5.54. The number of aliphatic hydroxyl groups is 1. The van der Waals surface area contributed by atoms with Crippen LogP contribution in [0.3, 0.4) is 0 Å². The van der Waals surface area contributed by atoms with Gasteiger partial charge in [-0.25, -0.2) is 4.39 Å². The summed E-state index contributed by atoms with van der Waals surface area (Å²) in [7, 11) is 0. The van der Waals surface area contributed by atoms with Gasteiger partial charge in [0.25, 0.3) is 5.91 Å². The molecule has 1 fully saturated rings. The number of amides is 1. The molecule has 1 heterocycles. The smallest absolute Gasteiger partial charge is 0.252 e. The topological polar surface area (TPSA) is 58.6 Å². The van der Waals surface area contributed by atoms with Crippen LogP contribution in [0.2, 0.25) is 5.02 Å². The van der Waals surface area contributed by atoms with Crippen LogP contribution in [0.5, 0.6) is 0 Å². The number of carbonyl (C=O) groups is 1. The highest BCUT2D eigenvalue weighted by Crippen LogP contribution is 2.19. The molecule has 2 rings (SSSR count). The van der Waals surface area contributed by atoms with Gasteiger partial charge in [0.05, 0.1) is 17.2 Å². The van der Waals surface area contributed by atoms with Crippen LogP contribution in [0.15, 0.2) is 18.2 Å². The van der Waals surface area contributed by atoms with Crippen molar-refractivity contribution in [2.75, 3.05) is 19.8 Å². The third kappa shape index (κ3) is 2.98. The molecule has 6 heteroatoms. The Morgan fingerprint density at radius 1 is 1.61 bits per heavy atom. The Morgan fingerprint density at radius 2 is 2.39 bits per heavy atom. The zero-order valence-electron chi connectivity index (χ0n) is 9.58. The van der Waals surface area contributed by atoms with Crippen LogP contribution in [-0.4, -0.2) is 36.4 Å². The summed E-state index contributed by atoms with van der Waals surface area (Å²) in [5.74, 6) is -0.945. The largest absolute Gasteiger partial charge is 0.386 e. The maximum absolute atomic E-state index is 12.8. The zero-order chi connectivity index (χ0) is 13.2. The lowest BCUT2D eigenvalue weighted by Crippen LogP contribution is -2.43. The van der Waals surface area contributed by atoms with E-state index in [-0.39, 0.29) is 23.7 Å². The lowest BCUT2D eigenvalue weighted by molar-refractivity contribution is 0.0264. The van der Waals surface area contributed by atoms with Crippen molar-refractivity contribution in [3.05, 3.63) is 34.6 Å². The molecule has 1 saturated heterocycles. The summed E-state index contributed by atoms with van der Waals surface area (Å²) in [6.45, 7) is 0.758. The first-order chi connectivity index (χ1) is 8.50. The second-order valence-electron chi connectivity index (χ2n) is 4.33. The van der Waals surface area contributed by atoms with Crippen molar-refractivity contribution in [1.82, 2.24) is 5.32 Å². The van der Waals surface area contributed by atoms with Gasteiger partial charge in [0.15, 0.2) is 0 Å². The van der Waals surface area contributed by atoms with Gasteiger partial charge in [-0.2, -0.15) is 0 Å². The molecule has 0 aliphatic carbocycles. The second kappa shape index (κ2) is 5.22. The predicted octanol–water partition coefficient (Wildman–Crippen LogP) is 1.36. The summed E-state index contributed by atoms with van der Waals surface area (Å²) in [6, 6.07) is 3.54. The molecular weight excluding hydrogens is 261 g/mol. The van der Waals surface area contributed by atoms with Crippen LogP contribution < -0.4 is 5.32 Å². The molecule has 1 atom stereocenters. The number of carbonyl (C=O) groups excluding carboxylic acids is 1. The lowest BCUT2D eigenvalue weighted by Gasteiger charge is -2.20. The van der Waals surface area contributed by atoms with Crippen LogP contribution >= 0.6 is 11.6 Å². The number of hydrogen-bond donors (Lipinski definition) is 2. The van der Waals surface area contributed by atoms with Crippen LogP contribution in [0.25, 0.3) is 0 Å². The van der Waals surface area contributed by atoms with Gasteiger partial charge < -0.3 is 15.2 Å². The summed E-state index contributed by atoms with van der Waals surface area (Å²) in [6.07, 6.45) is 0.477. The minimum atomic E-state index is -1.03. The van der Waals surface area contributed by atoms with Gasteiger partial charge in [0.2, 0.25) is 0 Å². The van der Waals surface area contributed by atoms with Crippen molar-refractivity contribution in [2.45, 2.75) is 12.0 Å². The van der Waals surface area contributed by atoms with Gasteiger partial charge in [-0.1, -0.05) is 11.6 Å². The number of ether oxygens (including phenoxy) is 1. The van der Waals surface area contributed by atoms with Crippen molar-refractivity contribution in [3.8, 4) is 0 Å². The minimum Gasteiger partial charge on any atom is -0.386 e. The van der Waals surface area contributed by atoms with Crippen molar-refractivity contribution in [2.24, 2.45) is 0 Å². The Balaban J connectivity index is 1.99. The fourth-order valence-electron chi connectivity index (χ4n) is 1.75. The molecule has 0 bridgehead atoms. The SMILES string of the molecule is O=C(NC[C@@]1(O)CCOC1)c1ccc(F)cc1Cl. The molecule has 0 radical (unpaired) electrons. The number of hydrogen-bond acceptors (Lipinski definition) is 3. The highest BCUT2D eigenvalue weighted by Gasteiger charge is 2.32. The van der Waals surface area contributed by atoms with E-state index >= 15 is 0 Å². The lowest BCUT2D eigenvalue weighted by atomic mass is 10.0. The summed E-state index contributed by atoms with van der Waals surface area (Å²) in [5, 5.41) is 12.6. The highest BCUT2D eigenvalue weighted by atomic mass is 35.5. The van der Waals surface area contributed by atoms with Gasteiger partial charge in [0, 0.05) is 19.6 Å². The Morgan fingerprint density at radius 3 is 3.00 bits per heavy atom. The molecule has 98 valence electrons. The first-order valence-corrected chi connectivity index (χ1v) is 5.91. The Hall–Kier alpha value is -1.17. The summed E-state index contributed by atoms with van der Waals surface area (Å²) in [5.41, 5.74) is -0.845. The van der Waals surface area contributed by atoms with E-state index in [1.165, 1.54) is 6.07 Å². The predicted molar refractivity (Wildman–Crippen MR) is 64.1 cm³/mol. The Bertz CT molecular complexity index is 461. The fourth-order valence-corrected chi connectivity index (χ4v) is 2.00. The standard InChI is InChI=1S/C12H13ClFNO3/c13-10-5-8(14)1-2-9(10)11(16)15-6-12(17)3-4-18-7-12/h1-2,5,17H,3-4,6-7H2,(H,15,16)/t12-/m0/s1. The maximum atomic E-state index is 12.8. The molecule has 0 unspecified atom stereocenters. The summed E-state index contributed by atoms with van der Waals surface area (Å²) >= 11 is 5.77. The monoisotopic (exact) mass is 273 g/mol. The van der Waals surface area contributed by atoms with E-state index in [1.54, 1.807) is 0 Å². The van der Waals surface area contributed by atoms with Crippen molar-refractivity contribution < 1.29 is 19.0 Å². The summed E-state index contributed by atoms with van der Waals surface area (Å²) in [4.78, 5) is 11.8. The van der Waals surface area contributed by atoms with Gasteiger partial charge in [-0.15, -0.1) is 0 Å². The van der Waals surface area contributed by atoms with E-state index in [0.717, 1.165) is 12.1 Å². The third-order valence-electron chi connectivity index (χ3n) is 2.84. The molecule has 0 saturated carbocycles. The Labute approximate surface area is 109 Å². The van der Waals surface area contributed by atoms with Gasteiger partial charge >= 0.3 is 0 Å². The molecule has 0 spiro atoms. The molecule has 18 heavy (non-hydrogen) atoms. The van der Waals surface area contributed by atoms with E-state index in [2.05, 4.69) is 5.32 Å². The molecule has 0 aromatic heterocycles. The Kier molecular flexibility index (Phi) is 3.85. The van der Waals surface area contributed by atoms with Gasteiger partial charge in [-0.3, -0.25) is 4.79 Å². The molecule has 1 amide bonds. The number of rotatable bonds is 3. The van der Waals surface area contributed by atoms with E-state index < -0.39 is 17.3 Å². The molecule has 1 aliphatic rings. The van der Waals surface area contributed by atoms with E-state index in [1.807, 2.05) is 0 Å². The minimum absolute atomic E-state index is 0.0437. The van der Waals surface area contributed by atoms with Crippen LogP contribution in [0.1, 0.15) is 16.8 Å². The van der Waals surface area contributed by atoms with E-state index in [9.17, 15) is 14.3 Å². The van der Waals surface area contributed by atoms with E-state index in [4.69, 9.17) is 16.3 Å². The highest BCUT2D eigenvalue weighted by molar-refractivity contribution is 6.33. The van der Waals surface area contributed by atoms with Gasteiger partial charge in [0.1, 0.15) is 11.4 Å². The first kappa shape index (κ1) is 13.3. The number of benzene rings is 1. The summed E-state index contributed by atoms with van der Waals surface area (Å²) < 4.78 is 17.9. The molecular formula is C12H13ClFNO3. The van der Waals surface area contributed by atoms with Crippen LogP contribution in [-0.2, 0) is 4.74 Å². The number of halogens is 2. The van der Waals surface area contributed by atoms with Crippen molar-refractivity contribution in [3.63, 3.8) is 0 Å². The van der Waals surface area contributed by atoms with Crippen LogP contribution in [0, 0.1) is 5.82 Å². The van der Waals surface area contributed by atoms with Crippen molar-refractivity contribution >= 4 is 17.5 Å². The second-order valence-corrected chi connectivity index (χ2v) is 4.74. The molecule has 1 aromatic carbocycles. The van der Waals surface area contributed by atoms with Gasteiger partial charge in [-0.05, 0) is 18.2 Å². The average molecular weight is 274 g/mol. The normalized spacial score (nSPS) is 23.1.